The van der Waals surface area contributed by atoms with Gasteiger partial charge in [0.1, 0.15) is 0 Å². The summed E-state index contributed by atoms with van der Waals surface area (Å²) in [5, 5.41) is 15.7. The van der Waals surface area contributed by atoms with E-state index in [1.54, 1.807) is 37.3 Å². The zero-order chi connectivity index (χ0) is 27.5. The molecule has 2 amide bonds. The number of piperidine rings is 1. The Balaban J connectivity index is 1.40. The van der Waals surface area contributed by atoms with Gasteiger partial charge in [0, 0.05) is 29.9 Å². The van der Waals surface area contributed by atoms with Crippen molar-refractivity contribution in [2.24, 2.45) is 0 Å². The number of carboxylic acid groups (broad SMARTS) is 1. The number of carbonyl (C=O) groups excluding carboxylic acids is 2. The molecular formula is C30H30N4O5. The molecule has 4 N–H and O–H groups in total. The number of aryl methyl sites for hydroxylation is 1. The Hall–Kier alpha value is -4.47. The standard InChI is InChI=1S/C30H30N4O5/c1-18-16-24-25(17-23(18)30(37)38)32-29(36)26(24)27(19-6-4-3-5-7-19)31-21-10-8-20(9-11-21)28(35)33-39-22-12-14-34(2)15-13-22/h3-11,16-17,22,31H,12-15H2,1-2H3,(H,32,36)(H,33,35)(H,37,38). The number of aromatic carboxylic acids is 1. The van der Waals surface area contributed by atoms with Crippen molar-refractivity contribution in [1.29, 1.82) is 0 Å². The van der Waals surface area contributed by atoms with Crippen molar-refractivity contribution in [1.82, 2.24) is 10.4 Å². The number of rotatable bonds is 7. The molecule has 39 heavy (non-hydrogen) atoms. The SMILES string of the molecule is Cc1cc2c(cc1C(=O)O)NC(=O)C2=C(Nc1ccc(C(=O)NOC2CCN(C)CC2)cc1)c1ccccc1. The van der Waals surface area contributed by atoms with Crippen LogP contribution in [0.25, 0.3) is 11.3 Å². The Labute approximate surface area is 226 Å². The van der Waals surface area contributed by atoms with Crippen molar-refractivity contribution in [2.75, 3.05) is 30.8 Å². The summed E-state index contributed by atoms with van der Waals surface area (Å²) >= 11 is 0. The number of carboxylic acids is 1. The van der Waals surface area contributed by atoms with Gasteiger partial charge in [0.25, 0.3) is 11.8 Å². The highest BCUT2D eigenvalue weighted by Crippen LogP contribution is 2.39. The second-order valence-electron chi connectivity index (χ2n) is 9.84. The molecule has 9 heteroatoms. The van der Waals surface area contributed by atoms with E-state index in [1.807, 2.05) is 30.3 Å². The molecule has 200 valence electrons. The molecule has 0 aliphatic carbocycles. The monoisotopic (exact) mass is 526 g/mol. The predicted octanol–water partition coefficient (Wildman–Crippen LogP) is 4.38. The van der Waals surface area contributed by atoms with Crippen LogP contribution in [0.1, 0.15) is 50.2 Å². The van der Waals surface area contributed by atoms with Crippen molar-refractivity contribution < 1.29 is 24.3 Å². The predicted molar refractivity (Wildman–Crippen MR) is 149 cm³/mol. The fourth-order valence-corrected chi connectivity index (χ4v) is 4.84. The van der Waals surface area contributed by atoms with E-state index >= 15 is 0 Å². The molecule has 0 atom stereocenters. The smallest absolute Gasteiger partial charge is 0.336 e. The maximum absolute atomic E-state index is 13.2. The summed E-state index contributed by atoms with van der Waals surface area (Å²) in [6, 6.07) is 19.5. The van der Waals surface area contributed by atoms with E-state index in [9.17, 15) is 19.5 Å². The third-order valence-corrected chi connectivity index (χ3v) is 7.05. The lowest BCUT2D eigenvalue weighted by Gasteiger charge is -2.28. The van der Waals surface area contributed by atoms with Crippen LogP contribution in [-0.2, 0) is 9.63 Å². The van der Waals surface area contributed by atoms with Gasteiger partial charge in [-0.05, 0) is 74.3 Å². The molecule has 0 saturated carbocycles. The number of amides is 2. The summed E-state index contributed by atoms with van der Waals surface area (Å²) in [6.45, 7) is 3.58. The first kappa shape index (κ1) is 26.1. The Kier molecular flexibility index (Phi) is 7.44. The van der Waals surface area contributed by atoms with Gasteiger partial charge in [-0.1, -0.05) is 30.3 Å². The molecule has 0 aromatic heterocycles. The number of benzene rings is 3. The summed E-state index contributed by atoms with van der Waals surface area (Å²) in [5.74, 6) is -1.71. The fourth-order valence-electron chi connectivity index (χ4n) is 4.84. The van der Waals surface area contributed by atoms with Crippen LogP contribution in [0.15, 0.2) is 66.7 Å². The second kappa shape index (κ2) is 11.1. The summed E-state index contributed by atoms with van der Waals surface area (Å²) in [5.41, 5.74) is 7.21. The number of hydroxylamine groups is 1. The molecule has 2 heterocycles. The van der Waals surface area contributed by atoms with E-state index in [4.69, 9.17) is 4.84 Å². The van der Waals surface area contributed by atoms with E-state index in [0.29, 0.717) is 39.3 Å². The zero-order valence-corrected chi connectivity index (χ0v) is 21.8. The maximum atomic E-state index is 13.2. The van der Waals surface area contributed by atoms with E-state index < -0.39 is 5.97 Å². The zero-order valence-electron chi connectivity index (χ0n) is 21.8. The molecule has 9 nitrogen and oxygen atoms in total. The second-order valence-corrected chi connectivity index (χ2v) is 9.84. The lowest BCUT2D eigenvalue weighted by molar-refractivity contribution is -0.110. The van der Waals surface area contributed by atoms with Crippen molar-refractivity contribution in [2.45, 2.75) is 25.9 Å². The molecule has 5 rings (SSSR count). The molecule has 1 fully saturated rings. The number of likely N-dealkylation sites (tertiary alicyclic amines) is 1. The lowest BCUT2D eigenvalue weighted by Crippen LogP contribution is -2.38. The van der Waals surface area contributed by atoms with E-state index in [-0.39, 0.29) is 23.5 Å². The molecular weight excluding hydrogens is 496 g/mol. The average Bonchev–Trinajstić information content (AvgIpc) is 3.25. The van der Waals surface area contributed by atoms with Gasteiger partial charge in [-0.15, -0.1) is 0 Å². The molecule has 2 aliphatic heterocycles. The normalized spacial score (nSPS) is 16.8. The number of hydrogen-bond donors (Lipinski definition) is 4. The summed E-state index contributed by atoms with van der Waals surface area (Å²) < 4.78 is 0. The van der Waals surface area contributed by atoms with E-state index in [0.717, 1.165) is 31.5 Å². The number of nitrogens with zero attached hydrogens (tertiary/aromatic N) is 1. The van der Waals surface area contributed by atoms with Crippen LogP contribution in [-0.4, -0.2) is 54.0 Å². The van der Waals surface area contributed by atoms with Crippen LogP contribution in [0.4, 0.5) is 11.4 Å². The van der Waals surface area contributed by atoms with Crippen LogP contribution in [0.3, 0.4) is 0 Å². The topological polar surface area (TPSA) is 120 Å². The highest BCUT2D eigenvalue weighted by atomic mass is 16.7. The molecule has 0 bridgehead atoms. The Morgan fingerprint density at radius 1 is 1.00 bits per heavy atom. The average molecular weight is 527 g/mol. The minimum atomic E-state index is -1.05. The van der Waals surface area contributed by atoms with Crippen molar-refractivity contribution >= 4 is 40.4 Å². The van der Waals surface area contributed by atoms with Crippen LogP contribution < -0.4 is 16.1 Å². The van der Waals surface area contributed by atoms with Gasteiger partial charge >= 0.3 is 5.97 Å². The van der Waals surface area contributed by atoms with Crippen molar-refractivity contribution in [3.05, 3.63) is 94.5 Å². The molecule has 3 aromatic rings. The largest absolute Gasteiger partial charge is 0.478 e. The van der Waals surface area contributed by atoms with Gasteiger partial charge in [-0.2, -0.15) is 0 Å². The summed E-state index contributed by atoms with van der Waals surface area (Å²) in [4.78, 5) is 45.3. The highest BCUT2D eigenvalue weighted by Gasteiger charge is 2.30. The number of hydrogen-bond acceptors (Lipinski definition) is 6. The number of nitrogens with one attached hydrogen (secondary N) is 3. The molecule has 0 spiro atoms. The maximum Gasteiger partial charge on any atom is 0.336 e. The lowest BCUT2D eigenvalue weighted by atomic mass is 9.96. The third kappa shape index (κ3) is 5.69. The minimum Gasteiger partial charge on any atom is -0.478 e. The van der Waals surface area contributed by atoms with Crippen LogP contribution >= 0.6 is 0 Å². The van der Waals surface area contributed by atoms with Gasteiger partial charge in [-0.3, -0.25) is 14.4 Å². The molecule has 3 aromatic carbocycles. The first-order valence-electron chi connectivity index (χ1n) is 12.8. The minimum absolute atomic E-state index is 0.00166. The van der Waals surface area contributed by atoms with Crippen LogP contribution in [0, 0.1) is 6.92 Å². The quantitative estimate of drug-likeness (QED) is 0.266. The Bertz CT molecular complexity index is 1440. The Morgan fingerprint density at radius 2 is 1.69 bits per heavy atom. The highest BCUT2D eigenvalue weighted by molar-refractivity contribution is 6.37. The van der Waals surface area contributed by atoms with Gasteiger partial charge in [0.05, 0.1) is 28.6 Å². The molecule has 0 radical (unpaired) electrons. The number of anilines is 2. The van der Waals surface area contributed by atoms with E-state index in [1.165, 1.54) is 6.07 Å². The molecule has 2 aliphatic rings. The van der Waals surface area contributed by atoms with Gasteiger partial charge < -0.3 is 20.6 Å². The summed E-state index contributed by atoms with van der Waals surface area (Å²) in [7, 11) is 2.07. The number of carbonyl (C=O) groups is 3. The van der Waals surface area contributed by atoms with Gasteiger partial charge in [-0.25, -0.2) is 10.3 Å². The first-order valence-corrected chi connectivity index (χ1v) is 12.8. The Morgan fingerprint density at radius 3 is 2.36 bits per heavy atom. The molecule has 1 saturated heterocycles. The van der Waals surface area contributed by atoms with Crippen molar-refractivity contribution in [3.63, 3.8) is 0 Å². The van der Waals surface area contributed by atoms with E-state index in [2.05, 4.69) is 28.1 Å². The van der Waals surface area contributed by atoms with Gasteiger partial charge in [0.2, 0.25) is 0 Å². The number of fused-ring (bicyclic) bond motifs is 1. The van der Waals surface area contributed by atoms with Crippen LogP contribution in [0.5, 0.6) is 0 Å². The fraction of sp³-hybridized carbons (Fsp3) is 0.233. The molecule has 0 unspecified atom stereocenters. The third-order valence-electron chi connectivity index (χ3n) is 7.05. The van der Waals surface area contributed by atoms with Gasteiger partial charge in [0.15, 0.2) is 0 Å². The van der Waals surface area contributed by atoms with Crippen LogP contribution in [0.2, 0.25) is 0 Å². The first-order chi connectivity index (χ1) is 18.8. The van der Waals surface area contributed by atoms with Crippen molar-refractivity contribution in [3.8, 4) is 0 Å². The summed E-state index contributed by atoms with van der Waals surface area (Å²) in [6.07, 6.45) is 1.73.